The maximum absolute atomic E-state index is 12.5. The lowest BCUT2D eigenvalue weighted by molar-refractivity contribution is -0.429. The van der Waals surface area contributed by atoms with Crippen LogP contribution in [0.4, 0.5) is 0 Å². The number of nitro groups is 1. The van der Waals surface area contributed by atoms with Crippen LogP contribution in [-0.2, 0) is 19.1 Å². The van der Waals surface area contributed by atoms with Gasteiger partial charge in [0.05, 0.1) is 25.6 Å². The van der Waals surface area contributed by atoms with Gasteiger partial charge in [0.25, 0.3) is 5.70 Å². The van der Waals surface area contributed by atoms with Gasteiger partial charge in [0.2, 0.25) is 0 Å². The molecule has 0 saturated heterocycles. The van der Waals surface area contributed by atoms with Crippen LogP contribution in [0.2, 0.25) is 0 Å². The summed E-state index contributed by atoms with van der Waals surface area (Å²) in [6.07, 6.45) is -0.392. The molecular formula is C19H21NO6. The lowest BCUT2D eigenvalue weighted by Gasteiger charge is -2.36. The summed E-state index contributed by atoms with van der Waals surface area (Å²) in [7, 11) is 2.29. The summed E-state index contributed by atoms with van der Waals surface area (Å²) in [6.45, 7) is 5.64. The highest BCUT2D eigenvalue weighted by atomic mass is 16.6. The topological polar surface area (TPSA) is 95.7 Å². The molecule has 26 heavy (non-hydrogen) atoms. The zero-order valence-electron chi connectivity index (χ0n) is 15.0. The Morgan fingerprint density at radius 2 is 1.73 bits per heavy atom. The Bertz CT molecular complexity index is 764. The number of esters is 2. The lowest BCUT2D eigenvalue weighted by atomic mass is 9.65. The number of benzene rings is 1. The normalized spacial score (nSPS) is 18.8. The summed E-state index contributed by atoms with van der Waals surface area (Å²) in [5, 5.41) is 11.8. The number of carbonyl (C=O) groups excluding carboxylic acids is 2. The Balaban J connectivity index is 2.76. The van der Waals surface area contributed by atoms with Gasteiger partial charge in [-0.15, -0.1) is 0 Å². The fourth-order valence-electron chi connectivity index (χ4n) is 3.46. The highest BCUT2D eigenvalue weighted by Gasteiger charge is 2.56. The Morgan fingerprint density at radius 1 is 1.19 bits per heavy atom. The molecule has 0 bridgehead atoms. The van der Waals surface area contributed by atoms with Crippen molar-refractivity contribution in [3.63, 3.8) is 0 Å². The van der Waals surface area contributed by atoms with Crippen molar-refractivity contribution in [2.45, 2.75) is 19.8 Å². The van der Waals surface area contributed by atoms with Crippen molar-refractivity contribution in [1.82, 2.24) is 0 Å². The second kappa shape index (κ2) is 7.51. The quantitative estimate of drug-likeness (QED) is 0.264. The first-order valence-corrected chi connectivity index (χ1v) is 8.03. The number of nitrogens with zero attached hydrogens (tertiary/aromatic N) is 1. The van der Waals surface area contributed by atoms with Crippen molar-refractivity contribution in [2.75, 3.05) is 14.2 Å². The molecule has 0 saturated carbocycles. The molecule has 1 atom stereocenters. The van der Waals surface area contributed by atoms with Crippen LogP contribution in [0.15, 0.2) is 48.2 Å². The fraction of sp³-hybridized carbons (Fsp3) is 0.368. The molecule has 1 aliphatic carbocycles. The van der Waals surface area contributed by atoms with E-state index in [4.69, 9.17) is 9.47 Å². The van der Waals surface area contributed by atoms with Crippen LogP contribution in [-0.4, -0.2) is 31.1 Å². The summed E-state index contributed by atoms with van der Waals surface area (Å²) in [4.78, 5) is 36.2. The number of rotatable bonds is 5. The van der Waals surface area contributed by atoms with Gasteiger partial charge in [-0.3, -0.25) is 19.7 Å². The van der Waals surface area contributed by atoms with E-state index >= 15 is 0 Å². The maximum Gasteiger partial charge on any atom is 0.323 e. The smallest absolute Gasteiger partial charge is 0.323 e. The van der Waals surface area contributed by atoms with E-state index in [-0.39, 0.29) is 12.1 Å². The second-order valence-corrected chi connectivity index (χ2v) is 6.33. The first-order chi connectivity index (χ1) is 12.3. The molecular weight excluding hydrogens is 338 g/mol. The van der Waals surface area contributed by atoms with Gasteiger partial charge in [0, 0.05) is 11.5 Å². The van der Waals surface area contributed by atoms with E-state index < -0.39 is 34.6 Å². The molecule has 0 heterocycles. The van der Waals surface area contributed by atoms with Crippen LogP contribution in [0.3, 0.4) is 0 Å². The molecule has 0 radical (unpaired) electrons. The Labute approximate surface area is 151 Å². The van der Waals surface area contributed by atoms with Crippen LogP contribution in [0.25, 0.3) is 5.57 Å². The first-order valence-electron chi connectivity index (χ1n) is 8.03. The van der Waals surface area contributed by atoms with Crippen molar-refractivity contribution >= 4 is 17.5 Å². The van der Waals surface area contributed by atoms with E-state index in [1.807, 2.05) is 6.07 Å². The van der Waals surface area contributed by atoms with Gasteiger partial charge < -0.3 is 9.47 Å². The molecule has 1 unspecified atom stereocenters. The van der Waals surface area contributed by atoms with Gasteiger partial charge in [-0.05, 0) is 18.9 Å². The number of carbonyl (C=O) groups is 2. The van der Waals surface area contributed by atoms with Crippen LogP contribution in [0, 0.1) is 21.4 Å². The van der Waals surface area contributed by atoms with Crippen LogP contribution >= 0.6 is 0 Å². The van der Waals surface area contributed by atoms with Gasteiger partial charge in [-0.25, -0.2) is 0 Å². The molecule has 138 valence electrons. The van der Waals surface area contributed by atoms with Crippen LogP contribution in [0.5, 0.6) is 0 Å². The average molecular weight is 359 g/mol. The molecule has 1 aliphatic rings. The predicted molar refractivity (Wildman–Crippen MR) is 94.4 cm³/mol. The molecule has 0 fully saturated rings. The van der Waals surface area contributed by atoms with E-state index in [0.717, 1.165) is 14.2 Å². The largest absolute Gasteiger partial charge is 0.468 e. The number of hydrogen-bond acceptors (Lipinski definition) is 6. The Kier molecular flexibility index (Phi) is 5.59. The summed E-state index contributed by atoms with van der Waals surface area (Å²) in [5.41, 5.74) is -0.234. The highest BCUT2D eigenvalue weighted by Crippen LogP contribution is 2.49. The number of methoxy groups -OCH3 is 2. The van der Waals surface area contributed by atoms with Gasteiger partial charge in [-0.2, -0.15) is 0 Å². The zero-order valence-corrected chi connectivity index (χ0v) is 15.0. The van der Waals surface area contributed by atoms with Gasteiger partial charge >= 0.3 is 11.9 Å². The van der Waals surface area contributed by atoms with Crippen LogP contribution in [0.1, 0.15) is 25.3 Å². The van der Waals surface area contributed by atoms with Crippen molar-refractivity contribution < 1.29 is 24.0 Å². The maximum atomic E-state index is 12.5. The first kappa shape index (κ1) is 19.4. The molecule has 2 rings (SSSR count). The van der Waals surface area contributed by atoms with Gasteiger partial charge in [0.15, 0.2) is 5.41 Å². The van der Waals surface area contributed by atoms with Crippen molar-refractivity contribution in [1.29, 1.82) is 0 Å². The van der Waals surface area contributed by atoms with Crippen molar-refractivity contribution in [3.05, 3.63) is 63.9 Å². The standard InChI is InChI=1S/C19H21NO6/c1-12(2)14-10-19(17(21)25-3,18(22)26-4)11-15(20(23)24)16(14)13-8-6-5-7-9-13/h5-9,14H,1,10-11H2,2-4H3. The molecule has 0 spiro atoms. The van der Waals surface area contributed by atoms with E-state index in [1.165, 1.54) is 0 Å². The summed E-state index contributed by atoms with van der Waals surface area (Å²) in [6, 6.07) is 8.88. The summed E-state index contributed by atoms with van der Waals surface area (Å²) >= 11 is 0. The number of ether oxygens (including phenoxy) is 2. The SMILES string of the molecule is C=C(C)C1CC(C(=O)OC)(C(=O)OC)CC([N+](=O)[O-])=C1c1ccccc1. The molecule has 0 amide bonds. The molecule has 1 aromatic carbocycles. The van der Waals surface area contributed by atoms with Crippen molar-refractivity contribution in [3.8, 4) is 0 Å². The predicted octanol–water partition coefficient (Wildman–Crippen LogP) is 2.99. The minimum Gasteiger partial charge on any atom is -0.468 e. The lowest BCUT2D eigenvalue weighted by Crippen LogP contribution is -2.46. The zero-order chi connectivity index (χ0) is 19.5. The minimum atomic E-state index is -1.77. The van der Waals surface area contributed by atoms with E-state index in [0.29, 0.717) is 16.7 Å². The second-order valence-electron chi connectivity index (χ2n) is 6.33. The number of hydrogen-bond donors (Lipinski definition) is 0. The van der Waals surface area contributed by atoms with Gasteiger partial charge in [-0.1, -0.05) is 42.5 Å². The van der Waals surface area contributed by atoms with Crippen molar-refractivity contribution in [2.24, 2.45) is 11.3 Å². The Hall–Kier alpha value is -2.96. The highest BCUT2D eigenvalue weighted by molar-refractivity contribution is 6.01. The molecule has 7 nitrogen and oxygen atoms in total. The average Bonchev–Trinajstić information content (AvgIpc) is 2.65. The molecule has 0 N–H and O–H groups in total. The summed E-state index contributed by atoms with van der Waals surface area (Å²) in [5.74, 6) is -2.26. The Morgan fingerprint density at radius 3 is 2.15 bits per heavy atom. The molecule has 1 aromatic rings. The minimum absolute atomic E-state index is 0.00322. The molecule has 0 aromatic heterocycles. The number of allylic oxidation sites excluding steroid dienone is 3. The van der Waals surface area contributed by atoms with E-state index in [9.17, 15) is 19.7 Å². The van der Waals surface area contributed by atoms with E-state index in [1.54, 1.807) is 31.2 Å². The van der Waals surface area contributed by atoms with E-state index in [2.05, 4.69) is 6.58 Å². The summed E-state index contributed by atoms with van der Waals surface area (Å²) < 4.78 is 9.60. The third-order valence-corrected chi connectivity index (χ3v) is 4.73. The monoisotopic (exact) mass is 359 g/mol. The molecule has 0 aliphatic heterocycles. The third kappa shape index (κ3) is 3.24. The molecule has 7 heteroatoms. The van der Waals surface area contributed by atoms with Crippen LogP contribution < -0.4 is 0 Å². The third-order valence-electron chi connectivity index (χ3n) is 4.73. The van der Waals surface area contributed by atoms with Gasteiger partial charge in [0.1, 0.15) is 0 Å². The fourth-order valence-corrected chi connectivity index (χ4v) is 3.46.